The third kappa shape index (κ3) is 5.08. The number of halogens is 1. The lowest BCUT2D eigenvalue weighted by molar-refractivity contribution is 0.414. The van der Waals surface area contributed by atoms with Crippen molar-refractivity contribution in [3.63, 3.8) is 0 Å². The SMILES string of the molecule is COc1ccc(Cn2c(Cc3ccccc3)c(Cl)nc(C#Cc3ccccc3)c2=O)cc1. The van der Waals surface area contributed by atoms with Crippen LogP contribution in [0.4, 0.5) is 0 Å². The molecule has 0 unspecified atom stereocenters. The summed E-state index contributed by atoms with van der Waals surface area (Å²) in [4.78, 5) is 17.7. The lowest BCUT2D eigenvalue weighted by atomic mass is 10.1. The number of hydrogen-bond acceptors (Lipinski definition) is 3. The van der Waals surface area contributed by atoms with E-state index < -0.39 is 0 Å². The summed E-state index contributed by atoms with van der Waals surface area (Å²) >= 11 is 6.59. The highest BCUT2D eigenvalue weighted by molar-refractivity contribution is 6.30. The predicted molar refractivity (Wildman–Crippen MR) is 127 cm³/mol. The van der Waals surface area contributed by atoms with Crippen LogP contribution in [-0.2, 0) is 13.0 Å². The molecule has 1 aromatic heterocycles. The fourth-order valence-corrected chi connectivity index (χ4v) is 3.60. The Balaban J connectivity index is 1.79. The Morgan fingerprint density at radius 3 is 2.19 bits per heavy atom. The van der Waals surface area contributed by atoms with Crippen LogP contribution in [-0.4, -0.2) is 16.7 Å². The summed E-state index contributed by atoms with van der Waals surface area (Å²) in [5.41, 5.74) is 3.32. The van der Waals surface area contributed by atoms with Crippen molar-refractivity contribution in [2.24, 2.45) is 0 Å². The zero-order chi connectivity index (χ0) is 22.3. The summed E-state index contributed by atoms with van der Waals surface area (Å²) in [5, 5.41) is 0.277. The average Bonchev–Trinajstić information content (AvgIpc) is 2.84. The molecule has 4 rings (SSSR count). The molecule has 1 heterocycles. The minimum absolute atomic E-state index is 0.129. The van der Waals surface area contributed by atoms with E-state index in [1.165, 1.54) is 0 Å². The number of benzene rings is 3. The lowest BCUT2D eigenvalue weighted by Crippen LogP contribution is -2.28. The van der Waals surface area contributed by atoms with E-state index in [2.05, 4.69) is 16.8 Å². The molecule has 0 bridgehead atoms. The van der Waals surface area contributed by atoms with Crippen molar-refractivity contribution in [3.8, 4) is 17.6 Å². The van der Waals surface area contributed by atoms with Crippen LogP contribution in [0.2, 0.25) is 5.15 Å². The zero-order valence-corrected chi connectivity index (χ0v) is 18.3. The first kappa shape index (κ1) is 21.4. The van der Waals surface area contributed by atoms with Crippen molar-refractivity contribution in [3.05, 3.63) is 129 Å². The van der Waals surface area contributed by atoms with Crippen molar-refractivity contribution in [1.82, 2.24) is 9.55 Å². The second-order valence-corrected chi connectivity index (χ2v) is 7.57. The van der Waals surface area contributed by atoms with Gasteiger partial charge in [0.1, 0.15) is 5.75 Å². The van der Waals surface area contributed by atoms with Crippen molar-refractivity contribution < 1.29 is 4.74 Å². The highest BCUT2D eigenvalue weighted by Crippen LogP contribution is 2.19. The Hall–Kier alpha value is -3.81. The monoisotopic (exact) mass is 440 g/mol. The molecule has 32 heavy (non-hydrogen) atoms. The number of methoxy groups -OCH3 is 1. The topological polar surface area (TPSA) is 44.1 Å². The number of hydrogen-bond donors (Lipinski definition) is 0. The third-order valence-electron chi connectivity index (χ3n) is 5.03. The van der Waals surface area contributed by atoms with Gasteiger partial charge in [0.2, 0.25) is 0 Å². The van der Waals surface area contributed by atoms with Gasteiger partial charge in [0.05, 0.1) is 19.3 Å². The second-order valence-electron chi connectivity index (χ2n) is 7.22. The van der Waals surface area contributed by atoms with Gasteiger partial charge in [-0.3, -0.25) is 4.79 Å². The molecular weight excluding hydrogens is 420 g/mol. The van der Waals surface area contributed by atoms with Gasteiger partial charge in [-0.2, -0.15) is 0 Å². The van der Waals surface area contributed by atoms with Crippen molar-refractivity contribution >= 4 is 11.6 Å². The Kier molecular flexibility index (Phi) is 6.69. The van der Waals surface area contributed by atoms with Crippen LogP contribution >= 0.6 is 11.6 Å². The summed E-state index contributed by atoms with van der Waals surface area (Å²) in [7, 11) is 1.62. The quantitative estimate of drug-likeness (QED) is 0.413. The molecule has 4 aromatic rings. The first-order chi connectivity index (χ1) is 15.6. The van der Waals surface area contributed by atoms with Crippen molar-refractivity contribution in [2.75, 3.05) is 7.11 Å². The van der Waals surface area contributed by atoms with Crippen molar-refractivity contribution in [1.29, 1.82) is 0 Å². The van der Waals surface area contributed by atoms with E-state index in [0.717, 1.165) is 22.4 Å². The maximum absolute atomic E-state index is 13.4. The molecule has 3 aromatic carbocycles. The summed E-state index contributed by atoms with van der Waals surface area (Å²) < 4.78 is 6.91. The molecule has 0 aliphatic heterocycles. The fraction of sp³-hybridized carbons (Fsp3) is 0.111. The van der Waals surface area contributed by atoms with Crippen LogP contribution < -0.4 is 10.3 Å². The van der Waals surface area contributed by atoms with E-state index in [0.29, 0.717) is 18.7 Å². The van der Waals surface area contributed by atoms with Crippen LogP contribution in [0.1, 0.15) is 28.1 Å². The van der Waals surface area contributed by atoms with Gasteiger partial charge in [0.25, 0.3) is 5.56 Å². The molecule has 0 aliphatic rings. The molecule has 0 atom stereocenters. The Morgan fingerprint density at radius 1 is 0.875 bits per heavy atom. The van der Waals surface area contributed by atoms with Crippen LogP contribution in [0, 0.1) is 11.8 Å². The fourth-order valence-electron chi connectivity index (χ4n) is 3.34. The molecule has 0 saturated carbocycles. The van der Waals surface area contributed by atoms with Gasteiger partial charge in [0.15, 0.2) is 10.8 Å². The largest absolute Gasteiger partial charge is 0.497 e. The van der Waals surface area contributed by atoms with E-state index in [9.17, 15) is 4.79 Å². The number of nitrogens with zero attached hydrogens (tertiary/aromatic N) is 2. The Bertz CT molecular complexity index is 1320. The second kappa shape index (κ2) is 10.00. The number of aromatic nitrogens is 2. The van der Waals surface area contributed by atoms with Gasteiger partial charge in [-0.05, 0) is 41.3 Å². The normalized spacial score (nSPS) is 10.3. The van der Waals surface area contributed by atoms with E-state index in [1.807, 2.05) is 84.9 Å². The molecule has 0 fully saturated rings. The van der Waals surface area contributed by atoms with Gasteiger partial charge in [-0.25, -0.2) is 4.98 Å². The van der Waals surface area contributed by atoms with Gasteiger partial charge >= 0.3 is 0 Å². The predicted octanol–water partition coefficient (Wildman–Crippen LogP) is 4.94. The summed E-state index contributed by atoms with van der Waals surface area (Å²) in [6.45, 7) is 0.354. The highest BCUT2D eigenvalue weighted by Gasteiger charge is 2.16. The molecule has 5 heteroatoms. The van der Waals surface area contributed by atoms with Gasteiger partial charge in [0, 0.05) is 12.0 Å². The van der Waals surface area contributed by atoms with Gasteiger partial charge in [-0.1, -0.05) is 78.2 Å². The third-order valence-corrected chi connectivity index (χ3v) is 5.34. The van der Waals surface area contributed by atoms with Gasteiger partial charge < -0.3 is 9.30 Å². The molecule has 0 radical (unpaired) electrons. The van der Waals surface area contributed by atoms with Crippen LogP contribution in [0.15, 0.2) is 89.7 Å². The maximum Gasteiger partial charge on any atom is 0.285 e. The molecule has 0 amide bonds. The van der Waals surface area contributed by atoms with E-state index in [-0.39, 0.29) is 16.4 Å². The van der Waals surface area contributed by atoms with Crippen molar-refractivity contribution in [2.45, 2.75) is 13.0 Å². The van der Waals surface area contributed by atoms with E-state index in [1.54, 1.807) is 11.7 Å². The summed E-state index contributed by atoms with van der Waals surface area (Å²) in [5.74, 6) is 6.67. The van der Waals surface area contributed by atoms with Crippen LogP contribution in [0.5, 0.6) is 5.75 Å². The van der Waals surface area contributed by atoms with Crippen LogP contribution in [0.3, 0.4) is 0 Å². The molecule has 0 saturated heterocycles. The maximum atomic E-state index is 13.4. The average molecular weight is 441 g/mol. The standard InChI is InChI=1S/C27H21ClN2O2/c1-32-23-15-12-22(13-16-23)19-30-25(18-21-10-6-3-7-11-21)26(28)29-24(27(30)31)17-14-20-8-4-2-5-9-20/h2-13,15-16H,18-19H2,1H3. The molecule has 0 aliphatic carbocycles. The summed E-state index contributed by atoms with van der Waals surface area (Å²) in [6.07, 6.45) is 0.491. The minimum atomic E-state index is -0.264. The van der Waals surface area contributed by atoms with Gasteiger partial charge in [-0.15, -0.1) is 0 Å². The Labute approximate surface area is 192 Å². The molecule has 0 N–H and O–H groups in total. The first-order valence-electron chi connectivity index (χ1n) is 10.2. The highest BCUT2D eigenvalue weighted by atomic mass is 35.5. The zero-order valence-electron chi connectivity index (χ0n) is 17.6. The minimum Gasteiger partial charge on any atom is -0.497 e. The number of rotatable bonds is 5. The molecule has 158 valence electrons. The summed E-state index contributed by atoms with van der Waals surface area (Å²) in [6, 6.07) is 27.0. The van der Waals surface area contributed by atoms with E-state index >= 15 is 0 Å². The Morgan fingerprint density at radius 2 is 1.53 bits per heavy atom. The molecular formula is C27H21ClN2O2. The smallest absolute Gasteiger partial charge is 0.285 e. The molecule has 4 nitrogen and oxygen atoms in total. The number of ether oxygens (including phenoxy) is 1. The van der Waals surface area contributed by atoms with Crippen LogP contribution in [0.25, 0.3) is 0 Å². The molecule has 0 spiro atoms. The van der Waals surface area contributed by atoms with E-state index in [4.69, 9.17) is 16.3 Å². The lowest BCUT2D eigenvalue weighted by Gasteiger charge is -2.15. The first-order valence-corrected chi connectivity index (χ1v) is 10.5.